The standard InChI is InChI=1S/C36H74NO7P/c1-6-8-10-12-14-16-18-19-20-21-23-25-27-29-36(38)44-35(34-43-45(39,40)42-32-30-37(3,4)5)33-41-31-28-26-24-22-17-15-13-11-9-7-2/h35H,6-34H2,1-5H3/p+1. The van der Waals surface area contributed by atoms with Crippen molar-refractivity contribution in [3.8, 4) is 0 Å². The van der Waals surface area contributed by atoms with E-state index in [4.69, 9.17) is 18.5 Å². The van der Waals surface area contributed by atoms with Gasteiger partial charge in [0.1, 0.15) is 19.3 Å². The second kappa shape index (κ2) is 30.8. The molecule has 0 aromatic rings. The first kappa shape index (κ1) is 44.5. The Kier molecular flexibility index (Phi) is 30.5. The molecule has 0 fully saturated rings. The number of nitrogens with zero attached hydrogens (tertiary/aromatic N) is 1. The van der Waals surface area contributed by atoms with Gasteiger partial charge in [-0.15, -0.1) is 0 Å². The number of hydrogen-bond donors (Lipinski definition) is 1. The van der Waals surface area contributed by atoms with Crippen LogP contribution in [0.2, 0.25) is 0 Å². The van der Waals surface area contributed by atoms with Crippen molar-refractivity contribution >= 4 is 13.8 Å². The molecule has 0 aliphatic carbocycles. The predicted octanol–water partition coefficient (Wildman–Crippen LogP) is 10.2. The summed E-state index contributed by atoms with van der Waals surface area (Å²) < 4.78 is 34.8. The summed E-state index contributed by atoms with van der Waals surface area (Å²) in [5.41, 5.74) is 0. The maximum atomic E-state index is 12.6. The van der Waals surface area contributed by atoms with E-state index in [-0.39, 0.29) is 25.8 Å². The van der Waals surface area contributed by atoms with E-state index in [1.54, 1.807) is 0 Å². The van der Waals surface area contributed by atoms with E-state index >= 15 is 0 Å². The van der Waals surface area contributed by atoms with E-state index < -0.39 is 13.9 Å². The zero-order valence-electron chi connectivity index (χ0n) is 30.4. The molecule has 8 nitrogen and oxygen atoms in total. The third kappa shape index (κ3) is 34.6. The lowest BCUT2D eigenvalue weighted by Gasteiger charge is -2.24. The van der Waals surface area contributed by atoms with Crippen molar-refractivity contribution in [1.82, 2.24) is 0 Å². The molecule has 0 aromatic heterocycles. The maximum absolute atomic E-state index is 12.6. The molecule has 0 bridgehead atoms. The highest BCUT2D eigenvalue weighted by atomic mass is 31.2. The normalized spacial score (nSPS) is 14.0. The van der Waals surface area contributed by atoms with Crippen molar-refractivity contribution in [3.05, 3.63) is 0 Å². The molecule has 9 heteroatoms. The molecule has 1 N–H and O–H groups in total. The van der Waals surface area contributed by atoms with Gasteiger partial charge in [0.2, 0.25) is 0 Å². The van der Waals surface area contributed by atoms with Crippen LogP contribution in [-0.4, -0.2) is 75.6 Å². The predicted molar refractivity (Wildman–Crippen MR) is 187 cm³/mol. The van der Waals surface area contributed by atoms with Crippen LogP contribution in [-0.2, 0) is 27.9 Å². The fraction of sp³-hybridized carbons (Fsp3) is 0.972. The number of unbranched alkanes of at least 4 members (excludes halogenated alkanes) is 21. The van der Waals surface area contributed by atoms with Crippen LogP contribution in [0.1, 0.15) is 168 Å². The number of phosphoric ester groups is 1. The molecule has 0 saturated heterocycles. The Morgan fingerprint density at radius 1 is 0.600 bits per heavy atom. The topological polar surface area (TPSA) is 91.3 Å². The Labute approximate surface area is 278 Å². The van der Waals surface area contributed by atoms with E-state index in [2.05, 4.69) is 13.8 Å². The van der Waals surface area contributed by atoms with Crippen LogP contribution in [0.3, 0.4) is 0 Å². The summed E-state index contributed by atoms with van der Waals surface area (Å²) in [6, 6.07) is 0. The van der Waals surface area contributed by atoms with Gasteiger partial charge in [-0.3, -0.25) is 13.8 Å². The van der Waals surface area contributed by atoms with Crippen molar-refractivity contribution < 1.29 is 37.3 Å². The Bertz CT molecular complexity index is 701. The molecule has 0 rings (SSSR count). The van der Waals surface area contributed by atoms with E-state index in [1.165, 1.54) is 116 Å². The zero-order chi connectivity index (χ0) is 33.5. The van der Waals surface area contributed by atoms with Crippen molar-refractivity contribution in [3.63, 3.8) is 0 Å². The average molecular weight is 665 g/mol. The molecular formula is C36H75NO7P+. The number of ether oxygens (including phenoxy) is 2. The van der Waals surface area contributed by atoms with E-state index in [1.807, 2.05) is 21.1 Å². The zero-order valence-corrected chi connectivity index (χ0v) is 31.3. The van der Waals surface area contributed by atoms with Crippen LogP contribution in [0, 0.1) is 0 Å². The summed E-state index contributed by atoms with van der Waals surface area (Å²) in [6.07, 6.45) is 28.3. The summed E-state index contributed by atoms with van der Waals surface area (Å²) in [5.74, 6) is -0.312. The fourth-order valence-corrected chi connectivity index (χ4v) is 5.94. The van der Waals surface area contributed by atoms with Crippen LogP contribution >= 0.6 is 7.82 Å². The average Bonchev–Trinajstić information content (AvgIpc) is 2.98. The first-order valence-corrected chi connectivity index (χ1v) is 20.3. The van der Waals surface area contributed by atoms with Crippen LogP contribution in [0.25, 0.3) is 0 Å². The van der Waals surface area contributed by atoms with E-state index in [0.717, 1.165) is 32.1 Å². The highest BCUT2D eigenvalue weighted by Gasteiger charge is 2.26. The van der Waals surface area contributed by atoms with Gasteiger partial charge >= 0.3 is 13.8 Å². The second-order valence-corrected chi connectivity index (χ2v) is 15.4. The quantitative estimate of drug-likeness (QED) is 0.0312. The Hall–Kier alpha value is -0.500. The van der Waals surface area contributed by atoms with Crippen molar-refractivity contribution in [1.29, 1.82) is 0 Å². The fourth-order valence-electron chi connectivity index (χ4n) is 5.20. The van der Waals surface area contributed by atoms with E-state index in [0.29, 0.717) is 24.1 Å². The number of esters is 1. The van der Waals surface area contributed by atoms with Crippen molar-refractivity contribution in [2.24, 2.45) is 0 Å². The number of quaternary nitrogens is 1. The van der Waals surface area contributed by atoms with Gasteiger partial charge in [0.25, 0.3) is 0 Å². The minimum atomic E-state index is -4.25. The smallest absolute Gasteiger partial charge is 0.457 e. The summed E-state index contributed by atoms with van der Waals surface area (Å²) in [6.45, 7) is 5.63. The molecule has 0 aliphatic rings. The molecule has 270 valence electrons. The summed E-state index contributed by atoms with van der Waals surface area (Å²) in [5, 5.41) is 0. The third-order valence-corrected chi connectivity index (χ3v) is 9.15. The number of rotatable bonds is 35. The van der Waals surface area contributed by atoms with Gasteiger partial charge in [-0.25, -0.2) is 4.57 Å². The van der Waals surface area contributed by atoms with Gasteiger partial charge in [0.05, 0.1) is 34.4 Å². The van der Waals surface area contributed by atoms with Crippen LogP contribution < -0.4 is 0 Å². The molecule has 0 aliphatic heterocycles. The summed E-state index contributed by atoms with van der Waals surface area (Å²) in [4.78, 5) is 22.7. The number of carbonyl (C=O) groups is 1. The number of likely N-dealkylation sites (N-methyl/N-ethyl adjacent to an activating group) is 1. The Morgan fingerprint density at radius 2 is 1.02 bits per heavy atom. The van der Waals surface area contributed by atoms with Crippen LogP contribution in [0.4, 0.5) is 0 Å². The third-order valence-electron chi connectivity index (χ3n) is 8.17. The molecule has 2 atom stereocenters. The lowest BCUT2D eigenvalue weighted by Crippen LogP contribution is -2.37. The number of phosphoric acid groups is 1. The molecular weight excluding hydrogens is 589 g/mol. The molecule has 45 heavy (non-hydrogen) atoms. The maximum Gasteiger partial charge on any atom is 0.472 e. The first-order chi connectivity index (χ1) is 21.6. The lowest BCUT2D eigenvalue weighted by molar-refractivity contribution is -0.870. The van der Waals surface area contributed by atoms with Gasteiger partial charge in [-0.05, 0) is 12.8 Å². The highest BCUT2D eigenvalue weighted by molar-refractivity contribution is 7.47. The molecule has 0 aromatic carbocycles. The molecule has 2 unspecified atom stereocenters. The summed E-state index contributed by atoms with van der Waals surface area (Å²) >= 11 is 0. The van der Waals surface area contributed by atoms with Crippen molar-refractivity contribution in [2.75, 3.05) is 54.1 Å². The largest absolute Gasteiger partial charge is 0.472 e. The minimum Gasteiger partial charge on any atom is -0.457 e. The van der Waals surface area contributed by atoms with E-state index in [9.17, 15) is 14.3 Å². The Balaban J connectivity index is 4.28. The van der Waals surface area contributed by atoms with Gasteiger partial charge in [-0.2, -0.15) is 0 Å². The molecule has 0 radical (unpaired) electrons. The minimum absolute atomic E-state index is 0.0933. The van der Waals surface area contributed by atoms with Gasteiger partial charge in [-0.1, -0.05) is 149 Å². The number of hydrogen-bond acceptors (Lipinski definition) is 6. The van der Waals surface area contributed by atoms with Gasteiger partial charge in [0, 0.05) is 13.0 Å². The number of carbonyl (C=O) groups excluding carboxylic acids is 1. The molecule has 0 saturated carbocycles. The monoisotopic (exact) mass is 665 g/mol. The SMILES string of the molecule is CCCCCCCCCCCCCCCC(=O)OC(COCCCCCCCCCCCC)COP(=O)(O)OCC[N+](C)(C)C. The highest BCUT2D eigenvalue weighted by Crippen LogP contribution is 2.43. The van der Waals surface area contributed by atoms with Crippen LogP contribution in [0.5, 0.6) is 0 Å². The molecule has 0 amide bonds. The molecule has 0 spiro atoms. The van der Waals surface area contributed by atoms with Crippen molar-refractivity contribution in [2.45, 2.75) is 174 Å². The summed E-state index contributed by atoms with van der Waals surface area (Å²) in [7, 11) is 1.68. The van der Waals surface area contributed by atoms with Crippen LogP contribution in [0.15, 0.2) is 0 Å². The lowest BCUT2D eigenvalue weighted by atomic mass is 10.0. The molecule has 0 heterocycles. The van der Waals surface area contributed by atoms with Gasteiger partial charge in [0.15, 0.2) is 0 Å². The second-order valence-electron chi connectivity index (χ2n) is 14.0. The Morgan fingerprint density at radius 3 is 1.47 bits per heavy atom. The first-order valence-electron chi connectivity index (χ1n) is 18.8. The van der Waals surface area contributed by atoms with Gasteiger partial charge < -0.3 is 18.9 Å².